The Morgan fingerprint density at radius 3 is 2.48 bits per heavy atom. The van der Waals surface area contributed by atoms with E-state index in [1.54, 1.807) is 18.2 Å². The average Bonchev–Trinajstić information content (AvgIpc) is 2.79. The topological polar surface area (TPSA) is 78.3 Å². The SMILES string of the molecule is Cc1cccc(Nc2nc(N/N=C/c3ccccc3F)nc(N3CCC(C)CC3)n2)c1C.Cl. The highest BCUT2D eigenvalue weighted by Crippen LogP contribution is 2.25. The van der Waals surface area contributed by atoms with Crippen molar-refractivity contribution in [3.63, 3.8) is 0 Å². The molecule has 0 aliphatic carbocycles. The third-order valence-electron chi connectivity index (χ3n) is 5.81. The number of hydrazone groups is 1. The number of halogens is 2. The number of anilines is 4. The van der Waals surface area contributed by atoms with Gasteiger partial charge in [0.25, 0.3) is 0 Å². The van der Waals surface area contributed by atoms with Crippen LogP contribution in [-0.2, 0) is 0 Å². The van der Waals surface area contributed by atoms with Crippen LogP contribution in [0.15, 0.2) is 47.6 Å². The zero-order valence-corrected chi connectivity index (χ0v) is 19.9. The maximum Gasteiger partial charge on any atom is 0.250 e. The Labute approximate surface area is 200 Å². The standard InChI is InChI=1S/C24H28FN7.ClH/c1-16-11-13-32(14-12-16)24-29-22(27-21-10-6-7-17(2)18(21)3)28-23(30-24)31-26-15-19-8-4-5-9-20(19)25;/h4-10,15-16H,11-14H2,1-3H3,(H2,27,28,29,30,31);1H/b26-15+;. The number of benzene rings is 2. The molecule has 1 aliphatic rings. The van der Waals surface area contributed by atoms with E-state index in [1.807, 2.05) is 12.1 Å². The Kier molecular flexibility index (Phi) is 8.16. The van der Waals surface area contributed by atoms with E-state index >= 15 is 0 Å². The number of rotatable bonds is 6. The van der Waals surface area contributed by atoms with Crippen molar-refractivity contribution in [3.05, 3.63) is 65.0 Å². The molecule has 9 heteroatoms. The quantitative estimate of drug-likeness (QED) is 0.368. The summed E-state index contributed by atoms with van der Waals surface area (Å²) in [6.45, 7) is 8.18. The summed E-state index contributed by atoms with van der Waals surface area (Å²) in [5.41, 5.74) is 6.47. The van der Waals surface area contributed by atoms with Crippen molar-refractivity contribution in [2.45, 2.75) is 33.6 Å². The number of nitrogens with one attached hydrogen (secondary N) is 2. The van der Waals surface area contributed by atoms with Gasteiger partial charge in [0.15, 0.2) is 0 Å². The summed E-state index contributed by atoms with van der Waals surface area (Å²) in [4.78, 5) is 15.9. The maximum absolute atomic E-state index is 13.9. The summed E-state index contributed by atoms with van der Waals surface area (Å²) in [6, 6.07) is 12.5. The highest BCUT2D eigenvalue weighted by molar-refractivity contribution is 5.85. The molecule has 0 atom stereocenters. The van der Waals surface area contributed by atoms with Gasteiger partial charge in [-0.1, -0.05) is 37.3 Å². The van der Waals surface area contributed by atoms with E-state index in [2.05, 4.69) is 62.5 Å². The van der Waals surface area contributed by atoms with E-state index in [9.17, 15) is 4.39 Å². The highest BCUT2D eigenvalue weighted by Gasteiger charge is 2.20. The van der Waals surface area contributed by atoms with Gasteiger partial charge in [-0.05, 0) is 55.9 Å². The minimum atomic E-state index is -0.339. The van der Waals surface area contributed by atoms with Crippen molar-refractivity contribution in [3.8, 4) is 0 Å². The normalized spacial score (nSPS) is 14.2. The zero-order chi connectivity index (χ0) is 22.5. The smallest absolute Gasteiger partial charge is 0.250 e. The predicted molar refractivity (Wildman–Crippen MR) is 135 cm³/mol. The lowest BCUT2D eigenvalue weighted by Crippen LogP contribution is -2.34. The zero-order valence-electron chi connectivity index (χ0n) is 19.0. The minimum absolute atomic E-state index is 0. The monoisotopic (exact) mass is 469 g/mol. The second-order valence-corrected chi connectivity index (χ2v) is 8.22. The molecule has 0 amide bonds. The number of piperidine rings is 1. The van der Waals surface area contributed by atoms with Crippen LogP contribution in [0.2, 0.25) is 0 Å². The molecule has 2 heterocycles. The fourth-order valence-electron chi connectivity index (χ4n) is 3.57. The third-order valence-corrected chi connectivity index (χ3v) is 5.81. The molecule has 0 radical (unpaired) electrons. The van der Waals surface area contributed by atoms with Crippen LogP contribution in [0.25, 0.3) is 0 Å². The third kappa shape index (κ3) is 6.16. The van der Waals surface area contributed by atoms with Gasteiger partial charge in [-0.2, -0.15) is 20.1 Å². The van der Waals surface area contributed by atoms with Gasteiger partial charge in [0.2, 0.25) is 17.8 Å². The summed E-state index contributed by atoms with van der Waals surface area (Å²) >= 11 is 0. The maximum atomic E-state index is 13.9. The first-order valence-corrected chi connectivity index (χ1v) is 10.9. The Morgan fingerprint density at radius 1 is 1.00 bits per heavy atom. The van der Waals surface area contributed by atoms with Gasteiger partial charge in [-0.3, -0.25) is 0 Å². The highest BCUT2D eigenvalue weighted by atomic mass is 35.5. The van der Waals surface area contributed by atoms with Crippen molar-refractivity contribution >= 4 is 42.2 Å². The van der Waals surface area contributed by atoms with Crippen LogP contribution in [0.5, 0.6) is 0 Å². The van der Waals surface area contributed by atoms with E-state index in [-0.39, 0.29) is 18.2 Å². The molecule has 2 N–H and O–H groups in total. The summed E-state index contributed by atoms with van der Waals surface area (Å²) in [5, 5.41) is 7.45. The van der Waals surface area contributed by atoms with E-state index in [0.29, 0.717) is 29.3 Å². The molecule has 0 bridgehead atoms. The Hall–Kier alpha value is -3.26. The molecular formula is C24H29ClFN7. The number of hydrogen-bond acceptors (Lipinski definition) is 7. The Balaban J connectivity index is 0.00000306. The van der Waals surface area contributed by atoms with Gasteiger partial charge in [-0.15, -0.1) is 12.4 Å². The first-order valence-electron chi connectivity index (χ1n) is 10.9. The van der Waals surface area contributed by atoms with E-state index < -0.39 is 0 Å². The average molecular weight is 470 g/mol. The van der Waals surface area contributed by atoms with Crippen LogP contribution in [0.4, 0.5) is 27.9 Å². The van der Waals surface area contributed by atoms with Crippen LogP contribution in [0.1, 0.15) is 36.5 Å². The fourth-order valence-corrected chi connectivity index (χ4v) is 3.57. The van der Waals surface area contributed by atoms with Crippen molar-refractivity contribution in [2.24, 2.45) is 11.0 Å². The van der Waals surface area contributed by atoms with Crippen LogP contribution >= 0.6 is 12.4 Å². The summed E-state index contributed by atoms with van der Waals surface area (Å²) in [7, 11) is 0. The van der Waals surface area contributed by atoms with Gasteiger partial charge >= 0.3 is 0 Å². The van der Waals surface area contributed by atoms with Crippen molar-refractivity contribution in [2.75, 3.05) is 28.7 Å². The summed E-state index contributed by atoms with van der Waals surface area (Å²) < 4.78 is 13.9. The molecule has 0 unspecified atom stereocenters. The molecule has 1 aliphatic heterocycles. The van der Waals surface area contributed by atoms with Crippen LogP contribution in [0, 0.1) is 25.6 Å². The lowest BCUT2D eigenvalue weighted by atomic mass is 10.00. The molecule has 3 aromatic rings. The molecule has 174 valence electrons. The van der Waals surface area contributed by atoms with Gasteiger partial charge in [0.1, 0.15) is 5.82 Å². The molecule has 2 aromatic carbocycles. The fraction of sp³-hybridized carbons (Fsp3) is 0.333. The largest absolute Gasteiger partial charge is 0.341 e. The second kappa shape index (κ2) is 11.0. The molecule has 4 rings (SSSR count). The summed E-state index contributed by atoms with van der Waals surface area (Å²) in [5.74, 6) is 1.70. The molecule has 0 spiro atoms. The Morgan fingerprint density at radius 2 is 1.73 bits per heavy atom. The number of hydrogen-bond donors (Lipinski definition) is 2. The minimum Gasteiger partial charge on any atom is -0.341 e. The van der Waals surface area contributed by atoms with Crippen LogP contribution < -0.4 is 15.6 Å². The number of nitrogens with zero attached hydrogens (tertiary/aromatic N) is 5. The Bertz CT molecular complexity index is 1110. The first kappa shape index (κ1) is 24.4. The molecule has 33 heavy (non-hydrogen) atoms. The van der Waals surface area contributed by atoms with E-state index in [1.165, 1.54) is 17.8 Å². The van der Waals surface area contributed by atoms with Crippen molar-refractivity contribution in [1.82, 2.24) is 15.0 Å². The molecule has 0 saturated carbocycles. The van der Waals surface area contributed by atoms with E-state index in [0.717, 1.165) is 37.2 Å². The van der Waals surface area contributed by atoms with Crippen LogP contribution in [-0.4, -0.2) is 34.3 Å². The van der Waals surface area contributed by atoms with Crippen molar-refractivity contribution < 1.29 is 4.39 Å². The van der Waals surface area contributed by atoms with Crippen molar-refractivity contribution in [1.29, 1.82) is 0 Å². The molecule has 1 aromatic heterocycles. The first-order chi connectivity index (χ1) is 15.5. The van der Waals surface area contributed by atoms with Crippen LogP contribution in [0.3, 0.4) is 0 Å². The van der Waals surface area contributed by atoms with Gasteiger partial charge < -0.3 is 10.2 Å². The van der Waals surface area contributed by atoms with Gasteiger partial charge in [0.05, 0.1) is 6.21 Å². The van der Waals surface area contributed by atoms with Gasteiger partial charge in [-0.25, -0.2) is 9.82 Å². The molecular weight excluding hydrogens is 441 g/mol. The molecule has 7 nitrogen and oxygen atoms in total. The lowest BCUT2D eigenvalue weighted by Gasteiger charge is -2.30. The number of aryl methyl sites for hydroxylation is 1. The second-order valence-electron chi connectivity index (χ2n) is 8.22. The lowest BCUT2D eigenvalue weighted by molar-refractivity contribution is 0.434. The molecule has 1 fully saturated rings. The number of aromatic nitrogens is 3. The summed E-state index contributed by atoms with van der Waals surface area (Å²) in [6.07, 6.45) is 3.61. The van der Waals surface area contributed by atoms with E-state index in [4.69, 9.17) is 0 Å². The molecule has 1 saturated heterocycles. The predicted octanol–water partition coefficient (Wildman–Crippen LogP) is 5.48. The van der Waals surface area contributed by atoms with Gasteiger partial charge in [0, 0.05) is 24.3 Å².